The van der Waals surface area contributed by atoms with Gasteiger partial charge < -0.3 is 5.48 Å². The molecule has 1 aromatic carbocycles. The van der Waals surface area contributed by atoms with Crippen LogP contribution in [0.4, 0.5) is 5.69 Å². The molecule has 0 saturated heterocycles. The molecule has 0 aliphatic rings. The molecule has 0 saturated carbocycles. The molecule has 6 heteroatoms. The van der Waals surface area contributed by atoms with Gasteiger partial charge in [0.15, 0.2) is 0 Å². The van der Waals surface area contributed by atoms with E-state index in [0.29, 0.717) is 0 Å². The molecular weight excluding hydrogens is 219 g/mol. The van der Waals surface area contributed by atoms with E-state index in [4.69, 9.17) is 5.26 Å². The molecule has 1 aromatic rings. The number of nitro benzene ring substituents is 1. The summed E-state index contributed by atoms with van der Waals surface area (Å²) in [5, 5.41) is 19.2. The third kappa shape index (κ3) is 3.91. The Kier molecular flexibility index (Phi) is 7.21. The van der Waals surface area contributed by atoms with Crippen LogP contribution in [-0.4, -0.2) is 10.4 Å². The summed E-state index contributed by atoms with van der Waals surface area (Å²) in [7, 11) is 0. The molecular formula is C10H11N2NaO3. The first kappa shape index (κ1) is 17.5. The molecule has 0 atom stereocenters. The summed E-state index contributed by atoms with van der Waals surface area (Å²) in [4.78, 5) is 9.92. The first-order valence-electron chi connectivity index (χ1n) is 4.13. The Morgan fingerprint density at radius 3 is 2.06 bits per heavy atom. The molecule has 0 spiro atoms. The minimum absolute atomic E-state index is 0. The predicted octanol–water partition coefficient (Wildman–Crippen LogP) is -0.777. The van der Waals surface area contributed by atoms with Crippen LogP contribution in [0.15, 0.2) is 24.3 Å². The van der Waals surface area contributed by atoms with Crippen LogP contribution in [0.5, 0.6) is 0 Å². The molecule has 0 radical (unpaired) electrons. The van der Waals surface area contributed by atoms with E-state index >= 15 is 0 Å². The standard InChI is InChI=1S/C10H10N2O2.Na.H2O/c1-10(2,7-11)8-3-5-9(6-4-8)12(13)14;;/h3-6H,1-2H3;;1H2/q;+1;/p-1. The van der Waals surface area contributed by atoms with Crippen LogP contribution in [-0.2, 0) is 5.41 Å². The maximum atomic E-state index is 10.4. The van der Waals surface area contributed by atoms with Crippen molar-refractivity contribution in [3.05, 3.63) is 39.9 Å². The van der Waals surface area contributed by atoms with Gasteiger partial charge in [-0.3, -0.25) is 10.1 Å². The van der Waals surface area contributed by atoms with Gasteiger partial charge in [-0.15, -0.1) is 0 Å². The molecule has 0 heterocycles. The van der Waals surface area contributed by atoms with Gasteiger partial charge in [0.05, 0.1) is 16.4 Å². The SMILES string of the molecule is CC(C)(C#N)c1ccc([N+](=O)[O-])cc1.[Na+].[OH-]. The minimum atomic E-state index is -0.602. The zero-order valence-corrected chi connectivity index (χ0v) is 11.5. The summed E-state index contributed by atoms with van der Waals surface area (Å²) in [6.45, 7) is 3.54. The van der Waals surface area contributed by atoms with Crippen molar-refractivity contribution in [2.24, 2.45) is 0 Å². The summed E-state index contributed by atoms with van der Waals surface area (Å²) in [6.07, 6.45) is 0. The average Bonchev–Trinajstić information content (AvgIpc) is 2.18. The molecule has 0 aliphatic carbocycles. The van der Waals surface area contributed by atoms with Crippen molar-refractivity contribution in [1.82, 2.24) is 0 Å². The van der Waals surface area contributed by atoms with Crippen LogP contribution < -0.4 is 29.6 Å². The van der Waals surface area contributed by atoms with E-state index in [-0.39, 0.29) is 40.7 Å². The molecule has 1 N–H and O–H groups in total. The van der Waals surface area contributed by atoms with Gasteiger partial charge in [0.1, 0.15) is 0 Å². The summed E-state index contributed by atoms with van der Waals surface area (Å²) in [5.41, 5.74) is 0.225. The molecule has 80 valence electrons. The number of non-ortho nitro benzene ring substituents is 1. The Hall–Kier alpha value is -0.930. The van der Waals surface area contributed by atoms with Crippen molar-refractivity contribution >= 4 is 5.69 Å². The molecule has 1 rings (SSSR count). The van der Waals surface area contributed by atoms with Crippen molar-refractivity contribution < 1.29 is 40.0 Å². The fourth-order valence-corrected chi connectivity index (χ4v) is 1.06. The van der Waals surface area contributed by atoms with Gasteiger partial charge in [-0.05, 0) is 19.4 Å². The van der Waals surface area contributed by atoms with Gasteiger partial charge in [-0.2, -0.15) is 5.26 Å². The second kappa shape index (κ2) is 6.61. The van der Waals surface area contributed by atoms with Gasteiger partial charge in [0.25, 0.3) is 5.69 Å². The Labute approximate surface area is 116 Å². The van der Waals surface area contributed by atoms with E-state index in [0.717, 1.165) is 5.56 Å². The first-order chi connectivity index (χ1) is 6.47. The van der Waals surface area contributed by atoms with Gasteiger partial charge >= 0.3 is 29.6 Å². The van der Waals surface area contributed by atoms with Crippen molar-refractivity contribution in [2.75, 3.05) is 0 Å². The predicted molar refractivity (Wildman–Crippen MR) is 53.7 cm³/mol. The van der Waals surface area contributed by atoms with E-state index in [2.05, 4.69) is 6.07 Å². The smallest absolute Gasteiger partial charge is 0.870 e. The molecule has 0 bridgehead atoms. The number of nitrogens with zero attached hydrogens (tertiary/aromatic N) is 2. The maximum absolute atomic E-state index is 10.4. The molecule has 0 aromatic heterocycles. The van der Waals surface area contributed by atoms with Crippen LogP contribution in [0.2, 0.25) is 0 Å². The van der Waals surface area contributed by atoms with E-state index in [1.807, 2.05) is 0 Å². The topological polar surface area (TPSA) is 96.9 Å². The Morgan fingerprint density at radius 1 is 1.31 bits per heavy atom. The molecule has 0 unspecified atom stereocenters. The monoisotopic (exact) mass is 230 g/mol. The summed E-state index contributed by atoms with van der Waals surface area (Å²) in [6, 6.07) is 8.18. The van der Waals surface area contributed by atoms with E-state index in [1.54, 1.807) is 26.0 Å². The van der Waals surface area contributed by atoms with E-state index in [9.17, 15) is 10.1 Å². The van der Waals surface area contributed by atoms with Gasteiger partial charge in [0, 0.05) is 12.1 Å². The molecule has 0 amide bonds. The number of benzene rings is 1. The Bertz CT molecular complexity index is 396. The summed E-state index contributed by atoms with van der Waals surface area (Å²) in [5.74, 6) is 0. The third-order valence-electron chi connectivity index (χ3n) is 2.08. The normalized spacial score (nSPS) is 9.31. The minimum Gasteiger partial charge on any atom is -0.870 e. The van der Waals surface area contributed by atoms with E-state index in [1.165, 1.54) is 12.1 Å². The zero-order chi connectivity index (χ0) is 10.8. The van der Waals surface area contributed by atoms with Crippen molar-refractivity contribution in [1.29, 1.82) is 5.26 Å². The van der Waals surface area contributed by atoms with Crippen molar-refractivity contribution in [2.45, 2.75) is 19.3 Å². The van der Waals surface area contributed by atoms with Crippen LogP contribution in [0.25, 0.3) is 0 Å². The van der Waals surface area contributed by atoms with Crippen LogP contribution >= 0.6 is 0 Å². The second-order valence-electron chi connectivity index (χ2n) is 3.54. The maximum Gasteiger partial charge on any atom is 1.00 e. The van der Waals surface area contributed by atoms with Gasteiger partial charge in [-0.1, -0.05) is 12.1 Å². The Balaban J connectivity index is 0. The summed E-state index contributed by atoms with van der Waals surface area (Å²) >= 11 is 0. The summed E-state index contributed by atoms with van der Waals surface area (Å²) < 4.78 is 0. The first-order valence-corrected chi connectivity index (χ1v) is 4.13. The van der Waals surface area contributed by atoms with Crippen LogP contribution in [0.1, 0.15) is 19.4 Å². The number of rotatable bonds is 2. The number of nitro groups is 1. The van der Waals surface area contributed by atoms with Gasteiger partial charge in [0.2, 0.25) is 0 Å². The van der Waals surface area contributed by atoms with Crippen molar-refractivity contribution in [3.8, 4) is 6.07 Å². The number of hydrogen-bond acceptors (Lipinski definition) is 4. The largest absolute Gasteiger partial charge is 1.00 e. The number of hydrogen-bond donors (Lipinski definition) is 0. The zero-order valence-electron chi connectivity index (χ0n) is 9.47. The molecule has 0 aliphatic heterocycles. The fourth-order valence-electron chi connectivity index (χ4n) is 1.06. The third-order valence-corrected chi connectivity index (χ3v) is 2.08. The Morgan fingerprint density at radius 2 is 1.75 bits per heavy atom. The molecule has 0 fully saturated rings. The number of nitriles is 1. The van der Waals surface area contributed by atoms with Crippen LogP contribution in [0.3, 0.4) is 0 Å². The fraction of sp³-hybridized carbons (Fsp3) is 0.300. The van der Waals surface area contributed by atoms with Crippen LogP contribution in [0, 0.1) is 21.4 Å². The average molecular weight is 230 g/mol. The molecule has 16 heavy (non-hydrogen) atoms. The second-order valence-corrected chi connectivity index (χ2v) is 3.54. The van der Waals surface area contributed by atoms with Crippen molar-refractivity contribution in [3.63, 3.8) is 0 Å². The quantitative estimate of drug-likeness (QED) is 0.378. The van der Waals surface area contributed by atoms with E-state index < -0.39 is 10.3 Å². The molecule has 5 nitrogen and oxygen atoms in total. The van der Waals surface area contributed by atoms with Gasteiger partial charge in [-0.25, -0.2) is 0 Å².